The Kier molecular flexibility index (Phi) is 7.20. The average molecular weight is 425 g/mol. The maximum atomic E-state index is 12.8. The average Bonchev–Trinajstić information content (AvgIpc) is 2.67. The molecule has 0 heterocycles. The van der Waals surface area contributed by atoms with Crippen LogP contribution in [0.1, 0.15) is 6.92 Å². The highest BCUT2D eigenvalue weighted by atomic mass is 32.2. The Bertz CT molecular complexity index is 947. The van der Waals surface area contributed by atoms with Crippen molar-refractivity contribution in [2.24, 2.45) is 0 Å². The number of rotatable bonds is 8. The Morgan fingerprint density at radius 3 is 2.32 bits per heavy atom. The van der Waals surface area contributed by atoms with Gasteiger partial charge in [-0.15, -0.1) is 11.8 Å². The molecular formula is C19H24N2O5S2. The minimum atomic E-state index is -3.74. The normalized spacial score (nSPS) is 12.2. The molecule has 0 radical (unpaired) electrons. The lowest BCUT2D eigenvalue weighted by molar-refractivity contribution is -0.116. The van der Waals surface area contributed by atoms with E-state index in [0.29, 0.717) is 22.9 Å². The number of carbonyl (C=O) groups is 1. The van der Waals surface area contributed by atoms with E-state index in [0.717, 1.165) is 15.5 Å². The summed E-state index contributed by atoms with van der Waals surface area (Å²) >= 11 is 1.49. The third kappa shape index (κ3) is 4.90. The van der Waals surface area contributed by atoms with Gasteiger partial charge in [-0.25, -0.2) is 8.42 Å². The van der Waals surface area contributed by atoms with Crippen molar-refractivity contribution >= 4 is 39.1 Å². The second-order valence-corrected chi connectivity index (χ2v) is 8.67. The van der Waals surface area contributed by atoms with Crippen LogP contribution in [-0.4, -0.2) is 47.1 Å². The molecule has 0 fully saturated rings. The van der Waals surface area contributed by atoms with E-state index < -0.39 is 22.0 Å². The lowest BCUT2D eigenvalue weighted by Gasteiger charge is -2.29. The van der Waals surface area contributed by atoms with Crippen molar-refractivity contribution < 1.29 is 22.7 Å². The maximum Gasteiger partial charge on any atom is 0.248 e. The molecule has 0 saturated carbocycles. The highest BCUT2D eigenvalue weighted by Gasteiger charge is 2.30. The van der Waals surface area contributed by atoms with Crippen LogP contribution in [0, 0.1) is 0 Å². The number of hydrogen-bond acceptors (Lipinski definition) is 6. The summed E-state index contributed by atoms with van der Waals surface area (Å²) in [6.07, 6.45) is 2.96. The van der Waals surface area contributed by atoms with E-state index in [1.807, 2.05) is 24.5 Å². The monoisotopic (exact) mass is 424 g/mol. The largest absolute Gasteiger partial charge is 0.493 e. The molecule has 0 saturated heterocycles. The Hall–Kier alpha value is -2.39. The van der Waals surface area contributed by atoms with Gasteiger partial charge in [0.05, 0.1) is 31.9 Å². The first-order valence-corrected chi connectivity index (χ1v) is 11.5. The van der Waals surface area contributed by atoms with Gasteiger partial charge in [-0.1, -0.05) is 12.1 Å². The molecule has 0 aliphatic rings. The molecule has 152 valence electrons. The molecule has 9 heteroatoms. The second kappa shape index (κ2) is 9.20. The van der Waals surface area contributed by atoms with Gasteiger partial charge in [-0.3, -0.25) is 9.10 Å². The number of anilines is 2. The Labute approximate surface area is 170 Å². The molecule has 2 aromatic carbocycles. The van der Waals surface area contributed by atoms with Gasteiger partial charge in [0.15, 0.2) is 11.5 Å². The number of methoxy groups -OCH3 is 2. The Morgan fingerprint density at radius 1 is 1.11 bits per heavy atom. The molecule has 2 aromatic rings. The summed E-state index contributed by atoms with van der Waals surface area (Å²) in [7, 11) is -0.792. The van der Waals surface area contributed by atoms with Crippen molar-refractivity contribution in [2.45, 2.75) is 17.9 Å². The fourth-order valence-electron chi connectivity index (χ4n) is 2.76. The highest BCUT2D eigenvalue weighted by Crippen LogP contribution is 2.33. The fourth-order valence-corrected chi connectivity index (χ4v) is 4.48. The lowest BCUT2D eigenvalue weighted by Crippen LogP contribution is -2.45. The van der Waals surface area contributed by atoms with Crippen molar-refractivity contribution in [3.8, 4) is 11.5 Å². The van der Waals surface area contributed by atoms with E-state index in [2.05, 4.69) is 5.32 Å². The zero-order chi connectivity index (χ0) is 20.9. The highest BCUT2D eigenvalue weighted by molar-refractivity contribution is 7.98. The number of carbonyl (C=O) groups excluding carboxylic acids is 1. The topological polar surface area (TPSA) is 84.9 Å². The fraction of sp³-hybridized carbons (Fsp3) is 0.316. The van der Waals surface area contributed by atoms with E-state index in [4.69, 9.17) is 9.47 Å². The van der Waals surface area contributed by atoms with Crippen LogP contribution in [-0.2, 0) is 14.8 Å². The van der Waals surface area contributed by atoms with Crippen LogP contribution in [0.25, 0.3) is 0 Å². The number of amides is 1. The second-order valence-electron chi connectivity index (χ2n) is 5.96. The van der Waals surface area contributed by atoms with Gasteiger partial charge in [-0.05, 0) is 37.4 Å². The molecule has 28 heavy (non-hydrogen) atoms. The summed E-state index contributed by atoms with van der Waals surface area (Å²) < 4.78 is 36.5. The van der Waals surface area contributed by atoms with Crippen molar-refractivity contribution in [1.82, 2.24) is 0 Å². The van der Waals surface area contributed by atoms with Gasteiger partial charge in [0.25, 0.3) is 0 Å². The molecule has 0 bridgehead atoms. The molecule has 0 aliphatic carbocycles. The molecule has 7 nitrogen and oxygen atoms in total. The minimum absolute atomic E-state index is 0.306. The quantitative estimate of drug-likeness (QED) is 0.655. The number of ether oxygens (including phenoxy) is 2. The summed E-state index contributed by atoms with van der Waals surface area (Å²) in [6.45, 7) is 1.54. The summed E-state index contributed by atoms with van der Waals surface area (Å²) in [5, 5.41) is 2.81. The van der Waals surface area contributed by atoms with Gasteiger partial charge < -0.3 is 14.8 Å². The van der Waals surface area contributed by atoms with Gasteiger partial charge in [-0.2, -0.15) is 0 Å². The zero-order valence-corrected chi connectivity index (χ0v) is 18.1. The first kappa shape index (κ1) is 21.9. The van der Waals surface area contributed by atoms with Crippen molar-refractivity contribution in [2.75, 3.05) is 36.4 Å². The van der Waals surface area contributed by atoms with Gasteiger partial charge >= 0.3 is 0 Å². The molecule has 0 spiro atoms. The standard InChI is InChI=1S/C19H24N2O5S2/c1-13(19(22)20-15-8-6-7-9-18(15)27-4)21(28(5,23)24)14-10-11-16(25-2)17(12-14)26-3/h6-13H,1-5H3,(H,20,22). The molecule has 1 unspecified atom stereocenters. The van der Waals surface area contributed by atoms with Crippen LogP contribution < -0.4 is 19.1 Å². The van der Waals surface area contributed by atoms with E-state index >= 15 is 0 Å². The van der Waals surface area contributed by atoms with Gasteiger partial charge in [0.2, 0.25) is 15.9 Å². The molecular weight excluding hydrogens is 400 g/mol. The van der Waals surface area contributed by atoms with Crippen LogP contribution in [0.3, 0.4) is 0 Å². The lowest BCUT2D eigenvalue weighted by atomic mass is 10.2. The predicted molar refractivity (Wildman–Crippen MR) is 113 cm³/mol. The number of sulfonamides is 1. The number of nitrogens with zero attached hydrogens (tertiary/aromatic N) is 1. The van der Waals surface area contributed by atoms with E-state index in [1.54, 1.807) is 18.2 Å². The third-order valence-corrected chi connectivity index (χ3v) is 6.11. The molecule has 2 rings (SSSR count). The van der Waals surface area contributed by atoms with Crippen LogP contribution in [0.5, 0.6) is 11.5 Å². The summed E-state index contributed by atoms with van der Waals surface area (Å²) in [6, 6.07) is 11.1. The maximum absolute atomic E-state index is 12.8. The van der Waals surface area contributed by atoms with Crippen LogP contribution in [0.15, 0.2) is 47.4 Å². The molecule has 1 atom stereocenters. The van der Waals surface area contributed by atoms with Crippen LogP contribution in [0.2, 0.25) is 0 Å². The number of hydrogen-bond donors (Lipinski definition) is 1. The Morgan fingerprint density at radius 2 is 1.75 bits per heavy atom. The number of para-hydroxylation sites is 1. The molecule has 0 aliphatic heterocycles. The molecule has 1 amide bonds. The van der Waals surface area contributed by atoms with Crippen LogP contribution in [0.4, 0.5) is 11.4 Å². The van der Waals surface area contributed by atoms with Gasteiger partial charge in [0, 0.05) is 11.0 Å². The first-order chi connectivity index (χ1) is 13.2. The Balaban J connectivity index is 2.39. The van der Waals surface area contributed by atoms with Crippen molar-refractivity contribution in [1.29, 1.82) is 0 Å². The summed E-state index contributed by atoms with van der Waals surface area (Å²) in [5.41, 5.74) is 0.938. The number of nitrogens with one attached hydrogen (secondary N) is 1. The number of thioether (sulfide) groups is 1. The van der Waals surface area contributed by atoms with E-state index in [1.165, 1.54) is 39.0 Å². The first-order valence-electron chi connectivity index (χ1n) is 8.38. The van der Waals surface area contributed by atoms with Crippen molar-refractivity contribution in [3.63, 3.8) is 0 Å². The summed E-state index contributed by atoms with van der Waals surface area (Å²) in [4.78, 5) is 13.7. The smallest absolute Gasteiger partial charge is 0.248 e. The number of benzene rings is 2. The molecule has 1 N–H and O–H groups in total. The van der Waals surface area contributed by atoms with E-state index in [-0.39, 0.29) is 0 Å². The predicted octanol–water partition coefficient (Wildman–Crippen LogP) is 3.22. The minimum Gasteiger partial charge on any atom is -0.493 e. The van der Waals surface area contributed by atoms with Crippen LogP contribution >= 0.6 is 11.8 Å². The zero-order valence-electron chi connectivity index (χ0n) is 16.4. The SMILES string of the molecule is COc1ccc(N(C(C)C(=O)Nc2ccccc2SC)S(C)(=O)=O)cc1OC. The summed E-state index contributed by atoms with van der Waals surface area (Å²) in [5.74, 6) is 0.390. The van der Waals surface area contributed by atoms with E-state index in [9.17, 15) is 13.2 Å². The molecule has 0 aromatic heterocycles. The van der Waals surface area contributed by atoms with Crippen molar-refractivity contribution in [3.05, 3.63) is 42.5 Å². The van der Waals surface area contributed by atoms with Gasteiger partial charge in [0.1, 0.15) is 6.04 Å². The third-order valence-electron chi connectivity index (χ3n) is 4.07.